The van der Waals surface area contributed by atoms with Gasteiger partial charge >= 0.3 is 5.97 Å². The summed E-state index contributed by atoms with van der Waals surface area (Å²) in [5, 5.41) is 33.8. The molecule has 9 unspecified atom stereocenters. The molecule has 0 amide bonds. The van der Waals surface area contributed by atoms with Crippen LogP contribution in [0.5, 0.6) is 0 Å². The summed E-state index contributed by atoms with van der Waals surface area (Å²) in [4.78, 5) is 24.4. The lowest BCUT2D eigenvalue weighted by molar-refractivity contribution is -0.260. The number of aliphatic hydroxyl groups is 3. The standard InChI is InChI=1S/C22H32O6/c1-10-17-12(28-11(2)23)8-14-21(5)7-6-15(24)20(3,4)13(21)9-16(25)22(14,18(10)26)19(17)27/h12-14,16-19,25-27H,1,6-9H2,2-5H3. The zero-order chi connectivity index (χ0) is 20.8. The number of ketones is 1. The van der Waals surface area contributed by atoms with Gasteiger partial charge in [0.05, 0.1) is 23.7 Å². The zero-order valence-electron chi connectivity index (χ0n) is 17.1. The second kappa shape index (κ2) is 5.89. The molecule has 4 aliphatic rings. The Balaban J connectivity index is 1.87. The number of rotatable bonds is 1. The van der Waals surface area contributed by atoms with Crippen LogP contribution in [0.1, 0.15) is 53.4 Å². The van der Waals surface area contributed by atoms with Crippen LogP contribution in [0.2, 0.25) is 0 Å². The highest BCUT2D eigenvalue weighted by Gasteiger charge is 2.75. The van der Waals surface area contributed by atoms with Crippen molar-refractivity contribution in [3.63, 3.8) is 0 Å². The van der Waals surface area contributed by atoms with E-state index in [1.54, 1.807) is 0 Å². The number of ether oxygens (including phenoxy) is 1. The van der Waals surface area contributed by atoms with Gasteiger partial charge in [-0.2, -0.15) is 0 Å². The fourth-order valence-corrected chi connectivity index (χ4v) is 7.69. The molecule has 0 saturated heterocycles. The summed E-state index contributed by atoms with van der Waals surface area (Å²) in [5.74, 6) is -1.18. The van der Waals surface area contributed by atoms with Crippen molar-refractivity contribution in [2.75, 3.05) is 0 Å². The number of hydrogen-bond acceptors (Lipinski definition) is 6. The number of fused-ring (bicyclic) bond motifs is 3. The SMILES string of the molecule is C=C1C2C(OC(C)=O)CC3C4(C)CCC(=O)C(C)(C)C4CC(O)C3(C1O)C2O. The number of carbonyl (C=O) groups excluding carboxylic acids is 2. The highest BCUT2D eigenvalue weighted by molar-refractivity contribution is 5.85. The van der Waals surface area contributed by atoms with Gasteiger partial charge in [0.25, 0.3) is 0 Å². The van der Waals surface area contributed by atoms with Gasteiger partial charge in [-0.15, -0.1) is 0 Å². The Morgan fingerprint density at radius 3 is 2.39 bits per heavy atom. The Bertz CT molecular complexity index is 743. The Morgan fingerprint density at radius 1 is 1.14 bits per heavy atom. The van der Waals surface area contributed by atoms with E-state index >= 15 is 0 Å². The van der Waals surface area contributed by atoms with Gasteiger partial charge in [0.1, 0.15) is 11.9 Å². The number of Topliss-reactive ketones (excluding diaryl/α,β-unsaturated/α-hetero) is 1. The average Bonchev–Trinajstić information content (AvgIpc) is 2.72. The minimum Gasteiger partial charge on any atom is -0.462 e. The van der Waals surface area contributed by atoms with Gasteiger partial charge in [0.15, 0.2) is 0 Å². The number of hydrogen-bond donors (Lipinski definition) is 3. The summed E-state index contributed by atoms with van der Waals surface area (Å²) in [7, 11) is 0. The van der Waals surface area contributed by atoms with Crippen molar-refractivity contribution in [2.24, 2.45) is 34.0 Å². The molecule has 3 N–H and O–H groups in total. The highest BCUT2D eigenvalue weighted by Crippen LogP contribution is 2.71. The largest absolute Gasteiger partial charge is 0.462 e. The van der Waals surface area contributed by atoms with Crippen LogP contribution in [0, 0.1) is 34.0 Å². The molecule has 0 aromatic carbocycles. The summed E-state index contributed by atoms with van der Waals surface area (Å²) < 4.78 is 5.57. The van der Waals surface area contributed by atoms with E-state index in [-0.39, 0.29) is 23.0 Å². The molecule has 6 heteroatoms. The molecular weight excluding hydrogens is 360 g/mol. The maximum atomic E-state index is 12.7. The van der Waals surface area contributed by atoms with Gasteiger partial charge in [-0.1, -0.05) is 27.4 Å². The van der Waals surface area contributed by atoms with Crippen molar-refractivity contribution in [1.82, 2.24) is 0 Å². The Morgan fingerprint density at radius 2 is 1.79 bits per heavy atom. The molecule has 4 saturated carbocycles. The normalized spacial score (nSPS) is 52.0. The van der Waals surface area contributed by atoms with Gasteiger partial charge in [-0.05, 0) is 42.1 Å². The van der Waals surface area contributed by atoms with E-state index in [2.05, 4.69) is 13.5 Å². The molecule has 0 aromatic rings. The third-order valence-electron chi connectivity index (χ3n) is 9.00. The minimum absolute atomic E-state index is 0.0744. The molecule has 2 bridgehead atoms. The van der Waals surface area contributed by atoms with Crippen LogP contribution in [-0.2, 0) is 14.3 Å². The van der Waals surface area contributed by atoms with Crippen LogP contribution in [-0.4, -0.2) is 51.5 Å². The first-order chi connectivity index (χ1) is 12.9. The third-order valence-corrected chi connectivity index (χ3v) is 9.00. The first kappa shape index (κ1) is 20.0. The maximum absolute atomic E-state index is 12.7. The van der Waals surface area contributed by atoms with Crippen molar-refractivity contribution in [2.45, 2.75) is 77.8 Å². The number of aliphatic hydroxyl groups excluding tert-OH is 3. The van der Waals surface area contributed by atoms with Gasteiger partial charge in [0.2, 0.25) is 0 Å². The number of carbonyl (C=O) groups is 2. The highest BCUT2D eigenvalue weighted by atomic mass is 16.5. The second-order valence-corrected chi connectivity index (χ2v) is 10.3. The Labute approximate surface area is 166 Å². The van der Waals surface area contributed by atoms with E-state index in [4.69, 9.17) is 4.74 Å². The van der Waals surface area contributed by atoms with E-state index < -0.39 is 47.1 Å². The van der Waals surface area contributed by atoms with Gasteiger partial charge in [-0.25, -0.2) is 0 Å². The first-order valence-electron chi connectivity index (χ1n) is 10.3. The van der Waals surface area contributed by atoms with Crippen molar-refractivity contribution in [1.29, 1.82) is 0 Å². The zero-order valence-corrected chi connectivity index (χ0v) is 17.1. The fourth-order valence-electron chi connectivity index (χ4n) is 7.69. The molecule has 0 aliphatic heterocycles. The molecule has 1 spiro atoms. The molecule has 0 radical (unpaired) electrons. The molecule has 28 heavy (non-hydrogen) atoms. The lowest BCUT2D eigenvalue weighted by Crippen LogP contribution is -2.70. The average molecular weight is 392 g/mol. The summed E-state index contributed by atoms with van der Waals surface area (Å²) in [6, 6.07) is 0. The third kappa shape index (κ3) is 2.14. The monoisotopic (exact) mass is 392 g/mol. The molecule has 4 aliphatic carbocycles. The smallest absolute Gasteiger partial charge is 0.302 e. The van der Waals surface area contributed by atoms with Crippen molar-refractivity contribution >= 4 is 11.8 Å². The molecule has 156 valence electrons. The van der Waals surface area contributed by atoms with Crippen molar-refractivity contribution in [3.05, 3.63) is 12.2 Å². The van der Waals surface area contributed by atoms with Crippen molar-refractivity contribution in [3.8, 4) is 0 Å². The summed E-state index contributed by atoms with van der Waals surface area (Å²) >= 11 is 0. The van der Waals surface area contributed by atoms with Gasteiger partial charge < -0.3 is 20.1 Å². The predicted octanol–water partition coefficient (Wildman–Crippen LogP) is 1.61. The van der Waals surface area contributed by atoms with Crippen molar-refractivity contribution < 1.29 is 29.6 Å². The second-order valence-electron chi connectivity index (χ2n) is 10.3. The van der Waals surface area contributed by atoms with Crippen LogP contribution in [0.4, 0.5) is 0 Å². The molecule has 4 fully saturated rings. The molecule has 0 heterocycles. The van der Waals surface area contributed by atoms with Gasteiger partial charge in [0, 0.05) is 24.7 Å². The van der Waals surface area contributed by atoms with Crippen LogP contribution in [0.3, 0.4) is 0 Å². The minimum atomic E-state index is -1.12. The first-order valence-corrected chi connectivity index (χ1v) is 10.3. The summed E-state index contributed by atoms with van der Waals surface area (Å²) in [5.41, 5.74) is -1.64. The summed E-state index contributed by atoms with van der Waals surface area (Å²) in [6.45, 7) is 11.4. The molecule has 4 rings (SSSR count). The van der Waals surface area contributed by atoms with Crippen LogP contribution < -0.4 is 0 Å². The van der Waals surface area contributed by atoms with E-state index in [0.717, 1.165) is 0 Å². The van der Waals surface area contributed by atoms with E-state index in [9.17, 15) is 24.9 Å². The molecule has 0 aromatic heterocycles. The van der Waals surface area contributed by atoms with E-state index in [0.29, 0.717) is 31.3 Å². The topological polar surface area (TPSA) is 104 Å². The summed E-state index contributed by atoms with van der Waals surface area (Å²) in [6.07, 6.45) is -1.74. The lowest BCUT2D eigenvalue weighted by Gasteiger charge is -2.66. The maximum Gasteiger partial charge on any atom is 0.302 e. The fraction of sp³-hybridized carbons (Fsp3) is 0.818. The van der Waals surface area contributed by atoms with Crippen LogP contribution in [0.25, 0.3) is 0 Å². The van der Waals surface area contributed by atoms with E-state index in [1.807, 2.05) is 13.8 Å². The number of esters is 1. The molecular formula is C22H32O6. The van der Waals surface area contributed by atoms with E-state index in [1.165, 1.54) is 6.92 Å². The lowest BCUT2D eigenvalue weighted by atomic mass is 9.39. The predicted molar refractivity (Wildman–Crippen MR) is 101 cm³/mol. The Kier molecular flexibility index (Phi) is 4.22. The van der Waals surface area contributed by atoms with Crippen LogP contribution in [0.15, 0.2) is 12.2 Å². The molecule has 6 nitrogen and oxygen atoms in total. The van der Waals surface area contributed by atoms with Gasteiger partial charge in [-0.3, -0.25) is 9.59 Å². The molecule has 9 atom stereocenters. The quantitative estimate of drug-likeness (QED) is 0.463. The Hall–Kier alpha value is -1.24. The van der Waals surface area contributed by atoms with Crippen LogP contribution >= 0.6 is 0 Å².